The van der Waals surface area contributed by atoms with E-state index >= 15 is 0 Å². The molecule has 5 heteroatoms. The zero-order valence-electron chi connectivity index (χ0n) is 13.9. The second kappa shape index (κ2) is 7.05. The Labute approximate surface area is 145 Å². The molecule has 1 aliphatic heterocycles. The van der Waals surface area contributed by atoms with Crippen LogP contribution >= 0.6 is 0 Å². The van der Waals surface area contributed by atoms with Crippen LogP contribution in [0.5, 0.6) is 11.5 Å². The van der Waals surface area contributed by atoms with E-state index in [2.05, 4.69) is 0 Å². The maximum absolute atomic E-state index is 12.0. The molecule has 2 aromatic rings. The van der Waals surface area contributed by atoms with Gasteiger partial charge in [0.05, 0.1) is 19.9 Å². The van der Waals surface area contributed by atoms with Gasteiger partial charge in [0.15, 0.2) is 0 Å². The van der Waals surface area contributed by atoms with Crippen LogP contribution in [0.1, 0.15) is 11.1 Å². The molecule has 0 radical (unpaired) electrons. The Bertz CT molecular complexity index is 851. The molecule has 1 heterocycles. The Hall–Kier alpha value is -3.34. The summed E-state index contributed by atoms with van der Waals surface area (Å²) in [5, 5.41) is 0. The Morgan fingerprint density at radius 1 is 0.840 bits per heavy atom. The molecule has 0 saturated heterocycles. The van der Waals surface area contributed by atoms with Crippen LogP contribution < -0.4 is 14.4 Å². The van der Waals surface area contributed by atoms with Crippen molar-refractivity contribution in [3.8, 4) is 11.5 Å². The van der Waals surface area contributed by atoms with Crippen molar-refractivity contribution >= 4 is 29.7 Å². The van der Waals surface area contributed by atoms with Gasteiger partial charge in [0.2, 0.25) is 0 Å². The van der Waals surface area contributed by atoms with Gasteiger partial charge in [-0.2, -0.15) is 0 Å². The van der Waals surface area contributed by atoms with Crippen LogP contribution in [-0.2, 0) is 9.59 Å². The van der Waals surface area contributed by atoms with Gasteiger partial charge in [-0.3, -0.25) is 9.59 Å². The quantitative estimate of drug-likeness (QED) is 0.621. The number of methoxy groups -OCH3 is 2. The van der Waals surface area contributed by atoms with Crippen molar-refractivity contribution in [1.29, 1.82) is 0 Å². The van der Waals surface area contributed by atoms with E-state index in [1.807, 2.05) is 42.5 Å². The number of benzene rings is 2. The predicted molar refractivity (Wildman–Crippen MR) is 96.5 cm³/mol. The second-order valence-corrected chi connectivity index (χ2v) is 5.36. The number of ether oxygens (including phenoxy) is 2. The maximum atomic E-state index is 12.0. The van der Waals surface area contributed by atoms with Gasteiger partial charge < -0.3 is 9.47 Å². The zero-order valence-corrected chi connectivity index (χ0v) is 13.9. The molecule has 0 N–H and O–H groups in total. The Morgan fingerprint density at radius 3 is 2.08 bits per heavy atom. The molecule has 2 aromatic carbocycles. The van der Waals surface area contributed by atoms with Gasteiger partial charge in [-0.15, -0.1) is 0 Å². The van der Waals surface area contributed by atoms with Crippen LogP contribution in [0, 0.1) is 0 Å². The smallest absolute Gasteiger partial charge is 0.258 e. The van der Waals surface area contributed by atoms with Crippen molar-refractivity contribution in [2.75, 3.05) is 19.1 Å². The van der Waals surface area contributed by atoms with Gasteiger partial charge in [-0.25, -0.2) is 4.90 Å². The molecule has 0 atom stereocenters. The lowest BCUT2D eigenvalue weighted by molar-refractivity contribution is -0.120. The first-order chi connectivity index (χ1) is 12.1. The van der Waals surface area contributed by atoms with Crippen molar-refractivity contribution in [2.45, 2.75) is 0 Å². The van der Waals surface area contributed by atoms with Gasteiger partial charge in [-0.05, 0) is 11.6 Å². The van der Waals surface area contributed by atoms with E-state index in [-0.39, 0.29) is 0 Å². The monoisotopic (exact) mass is 335 g/mol. The summed E-state index contributed by atoms with van der Waals surface area (Å²) in [6, 6.07) is 13.2. The van der Waals surface area contributed by atoms with E-state index in [9.17, 15) is 9.59 Å². The largest absolute Gasteiger partial charge is 0.496 e. The number of hydrogen-bond donors (Lipinski definition) is 0. The third kappa shape index (κ3) is 3.30. The summed E-state index contributed by atoms with van der Waals surface area (Å²) in [5.74, 6) is 0.144. The highest BCUT2D eigenvalue weighted by Crippen LogP contribution is 2.37. The maximum Gasteiger partial charge on any atom is 0.258 e. The highest BCUT2D eigenvalue weighted by Gasteiger charge is 2.28. The van der Waals surface area contributed by atoms with Crippen molar-refractivity contribution in [3.63, 3.8) is 0 Å². The summed E-state index contributed by atoms with van der Waals surface area (Å²) in [4.78, 5) is 25.0. The number of nitrogens with zero attached hydrogens (tertiary/aromatic N) is 1. The summed E-state index contributed by atoms with van der Waals surface area (Å²) in [6.45, 7) is 0. The molecule has 25 heavy (non-hydrogen) atoms. The van der Waals surface area contributed by atoms with E-state index in [1.165, 1.54) is 26.4 Å². The van der Waals surface area contributed by atoms with E-state index in [0.717, 1.165) is 16.0 Å². The molecule has 0 aromatic heterocycles. The van der Waals surface area contributed by atoms with Crippen LogP contribution in [0.15, 0.2) is 54.6 Å². The third-order valence-corrected chi connectivity index (χ3v) is 3.84. The van der Waals surface area contributed by atoms with Crippen molar-refractivity contribution in [3.05, 3.63) is 65.7 Å². The topological polar surface area (TPSA) is 55.8 Å². The summed E-state index contributed by atoms with van der Waals surface area (Å²) in [6.07, 6.45) is 6.31. The molecule has 0 bridgehead atoms. The van der Waals surface area contributed by atoms with E-state index in [1.54, 1.807) is 12.1 Å². The number of carbonyl (C=O) groups is 2. The normalized spacial score (nSPS) is 13.8. The lowest BCUT2D eigenvalue weighted by atomic mass is 10.1. The molecule has 0 spiro atoms. The number of rotatable bonds is 5. The standard InChI is InChI=1S/C20H17NO4/c1-24-17-13-16(21-19(22)10-11-20(21)23)18(25-2)12-15(17)9-8-14-6-4-3-5-7-14/h3-13H,1-2H3. The lowest BCUT2D eigenvalue weighted by Crippen LogP contribution is -2.30. The van der Waals surface area contributed by atoms with Gasteiger partial charge >= 0.3 is 0 Å². The third-order valence-electron chi connectivity index (χ3n) is 3.84. The van der Waals surface area contributed by atoms with E-state index < -0.39 is 11.8 Å². The van der Waals surface area contributed by atoms with Gasteiger partial charge in [-0.1, -0.05) is 42.5 Å². The first kappa shape index (κ1) is 16.5. The summed E-state index contributed by atoms with van der Waals surface area (Å²) in [5.41, 5.74) is 2.18. The molecule has 5 nitrogen and oxygen atoms in total. The molecular formula is C20H17NO4. The molecule has 0 saturated carbocycles. The Balaban J connectivity index is 2.02. The highest BCUT2D eigenvalue weighted by molar-refractivity contribution is 6.28. The average molecular weight is 335 g/mol. The number of hydrogen-bond acceptors (Lipinski definition) is 4. The van der Waals surface area contributed by atoms with Crippen LogP contribution in [0.4, 0.5) is 5.69 Å². The first-order valence-electron chi connectivity index (χ1n) is 7.69. The lowest BCUT2D eigenvalue weighted by Gasteiger charge is -2.19. The highest BCUT2D eigenvalue weighted by atomic mass is 16.5. The van der Waals surface area contributed by atoms with Gasteiger partial charge in [0.1, 0.15) is 11.5 Å². The second-order valence-electron chi connectivity index (χ2n) is 5.36. The van der Waals surface area contributed by atoms with Crippen molar-refractivity contribution in [1.82, 2.24) is 0 Å². The molecule has 2 amide bonds. The molecule has 3 rings (SSSR count). The molecular weight excluding hydrogens is 318 g/mol. The van der Waals surface area contributed by atoms with Crippen LogP contribution in [0.25, 0.3) is 12.2 Å². The molecule has 1 aliphatic rings. The summed E-state index contributed by atoms with van der Waals surface area (Å²) >= 11 is 0. The van der Waals surface area contributed by atoms with E-state index in [4.69, 9.17) is 9.47 Å². The number of anilines is 1. The van der Waals surface area contributed by atoms with Crippen LogP contribution in [0.2, 0.25) is 0 Å². The van der Waals surface area contributed by atoms with Gasteiger partial charge in [0.25, 0.3) is 11.8 Å². The van der Waals surface area contributed by atoms with Crippen molar-refractivity contribution < 1.29 is 19.1 Å². The summed E-state index contributed by atoms with van der Waals surface area (Å²) in [7, 11) is 3.03. The minimum atomic E-state index is -0.405. The summed E-state index contributed by atoms with van der Waals surface area (Å²) < 4.78 is 10.8. The van der Waals surface area contributed by atoms with Crippen LogP contribution in [0.3, 0.4) is 0 Å². The minimum Gasteiger partial charge on any atom is -0.496 e. The zero-order chi connectivity index (χ0) is 17.8. The number of amides is 2. The van der Waals surface area contributed by atoms with Gasteiger partial charge in [0, 0.05) is 23.8 Å². The Kier molecular flexibility index (Phi) is 4.66. The minimum absolute atomic E-state index is 0.358. The number of carbonyl (C=O) groups excluding carboxylic acids is 2. The molecule has 126 valence electrons. The molecule has 0 fully saturated rings. The molecule has 0 unspecified atom stereocenters. The van der Waals surface area contributed by atoms with Crippen molar-refractivity contribution in [2.24, 2.45) is 0 Å². The predicted octanol–water partition coefficient (Wildman–Crippen LogP) is 3.30. The Morgan fingerprint density at radius 2 is 1.48 bits per heavy atom. The fourth-order valence-electron chi connectivity index (χ4n) is 2.60. The average Bonchev–Trinajstić information content (AvgIpc) is 2.98. The number of imide groups is 1. The fraction of sp³-hybridized carbons (Fsp3) is 0.100. The van der Waals surface area contributed by atoms with E-state index in [0.29, 0.717) is 17.2 Å². The fourth-order valence-corrected chi connectivity index (χ4v) is 2.60. The van der Waals surface area contributed by atoms with Crippen LogP contribution in [-0.4, -0.2) is 26.0 Å². The SMILES string of the molecule is COc1cc(N2C(=O)C=CC2=O)c(OC)cc1C=Cc1ccccc1. The molecule has 0 aliphatic carbocycles. The first-order valence-corrected chi connectivity index (χ1v) is 7.69.